The van der Waals surface area contributed by atoms with Crippen LogP contribution in [-0.2, 0) is 35.1 Å². The lowest BCUT2D eigenvalue weighted by Gasteiger charge is -2.44. The number of carbonyl (C=O) groups is 3. The van der Waals surface area contributed by atoms with Crippen LogP contribution in [0, 0.1) is 0 Å². The zero-order chi connectivity index (χ0) is 30.0. The summed E-state index contributed by atoms with van der Waals surface area (Å²) in [7, 11) is 1.24. The maximum absolute atomic E-state index is 13.5. The van der Waals surface area contributed by atoms with Crippen LogP contribution in [0.25, 0.3) is 0 Å². The molecule has 0 aromatic heterocycles. The van der Waals surface area contributed by atoms with E-state index in [0.717, 1.165) is 10.5 Å². The van der Waals surface area contributed by atoms with Crippen LogP contribution >= 0.6 is 11.8 Å². The summed E-state index contributed by atoms with van der Waals surface area (Å²) in [6, 6.07) is 35.5. The number of carbonyl (C=O) groups excluding carboxylic acids is 3. The third-order valence-electron chi connectivity index (χ3n) is 6.71. The summed E-state index contributed by atoms with van der Waals surface area (Å²) in [4.78, 5) is 40.8. The zero-order valence-corrected chi connectivity index (χ0v) is 24.1. The molecule has 220 valence electrons. The lowest BCUT2D eigenvalue weighted by molar-refractivity contribution is -0.225. The number of esters is 3. The Hall–Kier alpha value is -4.44. The summed E-state index contributed by atoms with van der Waals surface area (Å²) in [5, 5.41) is 0. The topological polar surface area (TPSA) is 97.4 Å². The van der Waals surface area contributed by atoms with Crippen molar-refractivity contribution < 1.29 is 38.1 Å². The Morgan fingerprint density at radius 3 is 1.67 bits per heavy atom. The molecule has 1 aliphatic heterocycles. The average Bonchev–Trinajstić information content (AvgIpc) is 3.06. The molecule has 4 aromatic rings. The molecular formula is C34H30O8S. The first-order valence-corrected chi connectivity index (χ1v) is 14.5. The molecule has 0 unspecified atom stereocenters. The Balaban J connectivity index is 1.55. The van der Waals surface area contributed by atoms with Crippen LogP contribution in [0.2, 0.25) is 0 Å². The molecule has 8 nitrogen and oxygen atoms in total. The van der Waals surface area contributed by atoms with Gasteiger partial charge in [0.1, 0.15) is 11.5 Å². The van der Waals surface area contributed by atoms with Gasteiger partial charge >= 0.3 is 17.9 Å². The molecule has 0 radical (unpaired) electrons. The second-order valence-corrected chi connectivity index (χ2v) is 10.8. The first kappa shape index (κ1) is 30.0. The third kappa shape index (κ3) is 7.70. The van der Waals surface area contributed by atoms with E-state index in [9.17, 15) is 14.4 Å². The average molecular weight is 599 g/mol. The first-order chi connectivity index (χ1) is 21.0. The fourth-order valence-electron chi connectivity index (χ4n) is 4.58. The van der Waals surface area contributed by atoms with Crippen molar-refractivity contribution in [2.75, 3.05) is 7.11 Å². The van der Waals surface area contributed by atoms with E-state index in [2.05, 4.69) is 0 Å². The minimum absolute atomic E-state index is 0.0671. The highest BCUT2D eigenvalue weighted by Crippen LogP contribution is 2.38. The van der Waals surface area contributed by atoms with Crippen LogP contribution in [-0.4, -0.2) is 54.9 Å². The minimum atomic E-state index is -1.30. The van der Waals surface area contributed by atoms with E-state index in [1.165, 1.54) is 18.9 Å². The number of ether oxygens (including phenoxy) is 5. The lowest BCUT2D eigenvalue weighted by Crippen LogP contribution is -2.62. The van der Waals surface area contributed by atoms with E-state index in [1.807, 2.05) is 60.7 Å². The highest BCUT2D eigenvalue weighted by molar-refractivity contribution is 7.99. The molecular weight excluding hydrogens is 568 g/mol. The maximum atomic E-state index is 13.5. The molecule has 0 bridgehead atoms. The van der Waals surface area contributed by atoms with Crippen molar-refractivity contribution in [2.24, 2.45) is 0 Å². The Morgan fingerprint density at radius 2 is 1.14 bits per heavy atom. The SMILES string of the molecule is COC(=O)[C@H]1O[C@@H](Sc2ccccc2)[C@H](OC(=O)c2ccccc2)[C@@H](OC(=O)c2ccccc2)[C@@H]1OCc1ccccc1. The zero-order valence-electron chi connectivity index (χ0n) is 23.3. The summed E-state index contributed by atoms with van der Waals surface area (Å²) in [5.41, 5.74) is 0.434. The van der Waals surface area contributed by atoms with Gasteiger partial charge in [-0.15, -0.1) is 0 Å². The van der Waals surface area contributed by atoms with Crippen LogP contribution < -0.4 is 0 Å². The predicted molar refractivity (Wildman–Crippen MR) is 159 cm³/mol. The smallest absolute Gasteiger partial charge is 0.338 e. The summed E-state index contributed by atoms with van der Waals surface area (Å²) in [6.45, 7) is 0.0671. The van der Waals surface area contributed by atoms with Crippen LogP contribution in [0.4, 0.5) is 0 Å². The minimum Gasteiger partial charge on any atom is -0.467 e. The quantitative estimate of drug-likeness (QED) is 0.168. The fourth-order valence-corrected chi connectivity index (χ4v) is 5.69. The largest absolute Gasteiger partial charge is 0.467 e. The van der Waals surface area contributed by atoms with Gasteiger partial charge in [-0.05, 0) is 42.0 Å². The summed E-state index contributed by atoms with van der Waals surface area (Å²) >= 11 is 1.23. The van der Waals surface area contributed by atoms with Gasteiger partial charge in [-0.3, -0.25) is 0 Å². The molecule has 1 heterocycles. The number of hydrogen-bond donors (Lipinski definition) is 0. The molecule has 1 saturated heterocycles. The molecule has 0 N–H and O–H groups in total. The van der Waals surface area contributed by atoms with Crippen LogP contribution in [0.3, 0.4) is 0 Å². The molecule has 4 aromatic carbocycles. The standard InChI is InChI=1S/C34H30O8S/c1-38-33(37)29-27(39-22-23-14-6-2-7-15-23)28(40-31(35)24-16-8-3-9-17-24)30(41-32(36)25-18-10-4-11-19-25)34(42-29)43-26-20-12-5-13-21-26/h2-21,27-30,34H,22H2,1H3/t27-,28-,29-,30+,34-/m0/s1. The number of methoxy groups -OCH3 is 1. The van der Waals surface area contributed by atoms with Crippen LogP contribution in [0.5, 0.6) is 0 Å². The Bertz CT molecular complexity index is 1480. The molecule has 0 amide bonds. The van der Waals surface area contributed by atoms with Crippen molar-refractivity contribution in [3.8, 4) is 0 Å². The van der Waals surface area contributed by atoms with Crippen molar-refractivity contribution in [2.45, 2.75) is 41.4 Å². The van der Waals surface area contributed by atoms with E-state index in [1.54, 1.807) is 60.7 Å². The summed E-state index contributed by atoms with van der Waals surface area (Å²) in [5.74, 6) is -2.04. The predicted octanol–water partition coefficient (Wildman–Crippen LogP) is 5.71. The van der Waals surface area contributed by atoms with E-state index in [0.29, 0.717) is 5.56 Å². The van der Waals surface area contributed by atoms with Gasteiger partial charge in [-0.1, -0.05) is 96.7 Å². The number of rotatable bonds is 10. The second-order valence-electron chi connectivity index (χ2n) is 9.61. The molecule has 9 heteroatoms. The van der Waals surface area contributed by atoms with Crippen LogP contribution in [0.15, 0.2) is 126 Å². The van der Waals surface area contributed by atoms with E-state index in [4.69, 9.17) is 23.7 Å². The number of benzene rings is 4. The summed E-state index contributed by atoms with van der Waals surface area (Å²) < 4.78 is 29.8. The molecule has 1 aliphatic rings. The first-order valence-electron chi connectivity index (χ1n) is 13.7. The van der Waals surface area contributed by atoms with E-state index >= 15 is 0 Å². The summed E-state index contributed by atoms with van der Waals surface area (Å²) in [6.07, 6.45) is -4.90. The third-order valence-corrected chi connectivity index (χ3v) is 7.87. The van der Waals surface area contributed by atoms with Gasteiger partial charge in [-0.2, -0.15) is 0 Å². The van der Waals surface area contributed by atoms with Gasteiger partial charge in [0, 0.05) is 4.90 Å². The van der Waals surface area contributed by atoms with Crippen LogP contribution in [0.1, 0.15) is 26.3 Å². The van der Waals surface area contributed by atoms with Crippen molar-refractivity contribution in [1.82, 2.24) is 0 Å². The van der Waals surface area contributed by atoms with Crippen molar-refractivity contribution in [3.05, 3.63) is 138 Å². The highest BCUT2D eigenvalue weighted by atomic mass is 32.2. The monoisotopic (exact) mass is 598 g/mol. The van der Waals surface area contributed by atoms with Crippen molar-refractivity contribution in [3.63, 3.8) is 0 Å². The molecule has 1 fully saturated rings. The highest BCUT2D eigenvalue weighted by Gasteiger charge is 2.54. The van der Waals surface area contributed by atoms with Crippen molar-refractivity contribution >= 4 is 29.7 Å². The lowest BCUT2D eigenvalue weighted by atomic mass is 9.98. The Labute approximate surface area is 253 Å². The van der Waals surface area contributed by atoms with Gasteiger partial charge in [0.25, 0.3) is 0 Å². The Morgan fingerprint density at radius 1 is 0.651 bits per heavy atom. The molecule has 43 heavy (non-hydrogen) atoms. The van der Waals surface area contributed by atoms with Gasteiger partial charge in [0.15, 0.2) is 18.3 Å². The van der Waals surface area contributed by atoms with Crippen molar-refractivity contribution in [1.29, 1.82) is 0 Å². The Kier molecular flexibility index (Phi) is 10.2. The fraction of sp³-hybridized carbons (Fsp3) is 0.206. The van der Waals surface area contributed by atoms with Gasteiger partial charge in [-0.25, -0.2) is 14.4 Å². The van der Waals surface area contributed by atoms with Gasteiger partial charge < -0.3 is 23.7 Å². The number of thioether (sulfide) groups is 1. The molecule has 0 aliphatic carbocycles. The van der Waals surface area contributed by atoms with Gasteiger partial charge in [0.05, 0.1) is 24.8 Å². The molecule has 0 spiro atoms. The molecule has 5 rings (SSSR count). The normalized spacial score (nSPS) is 21.4. The molecule has 5 atom stereocenters. The van der Waals surface area contributed by atoms with E-state index in [-0.39, 0.29) is 12.2 Å². The second kappa shape index (κ2) is 14.6. The maximum Gasteiger partial charge on any atom is 0.338 e. The number of hydrogen-bond acceptors (Lipinski definition) is 9. The van der Waals surface area contributed by atoms with Gasteiger partial charge in [0.2, 0.25) is 0 Å². The molecule has 0 saturated carbocycles. The van der Waals surface area contributed by atoms with E-state index < -0.39 is 47.8 Å².